The molecule has 224 valence electrons. The molecule has 1 saturated carbocycles. The summed E-state index contributed by atoms with van der Waals surface area (Å²) in [6.45, 7) is 3.42. The molecule has 9 heteroatoms. The molecule has 3 aromatic rings. The molecule has 0 radical (unpaired) electrons. The van der Waals surface area contributed by atoms with Crippen molar-refractivity contribution in [2.45, 2.75) is 75.9 Å². The molecule has 3 aromatic carbocycles. The van der Waals surface area contributed by atoms with Crippen molar-refractivity contribution in [3.05, 3.63) is 90.0 Å². The second kappa shape index (κ2) is 14.4. The SMILES string of the molecule is CC[C@@H](C(=O)NC1CCCCC1)N(Cc1cccc(OC)c1)C(=O)CN(c1ccccc1)S(=O)(=O)c1ccc(C)cc1. The predicted octanol–water partition coefficient (Wildman–Crippen LogP) is 5.46. The van der Waals surface area contributed by atoms with Crippen LogP contribution in [0.5, 0.6) is 5.75 Å². The number of aryl methyl sites for hydroxylation is 1. The maximum atomic E-state index is 14.2. The number of hydrogen-bond donors (Lipinski definition) is 1. The van der Waals surface area contributed by atoms with Gasteiger partial charge in [0.25, 0.3) is 10.0 Å². The van der Waals surface area contributed by atoms with E-state index in [0.29, 0.717) is 17.9 Å². The zero-order valence-electron chi connectivity index (χ0n) is 24.7. The second-order valence-corrected chi connectivity index (χ2v) is 12.7. The van der Waals surface area contributed by atoms with E-state index in [2.05, 4.69) is 5.32 Å². The van der Waals surface area contributed by atoms with Crippen LogP contribution in [0.25, 0.3) is 0 Å². The van der Waals surface area contributed by atoms with Crippen LogP contribution in [-0.2, 0) is 26.2 Å². The fourth-order valence-electron chi connectivity index (χ4n) is 5.39. The molecule has 0 spiro atoms. The highest BCUT2D eigenvalue weighted by molar-refractivity contribution is 7.92. The van der Waals surface area contributed by atoms with Gasteiger partial charge in [-0.05, 0) is 68.1 Å². The van der Waals surface area contributed by atoms with Gasteiger partial charge in [0.2, 0.25) is 11.8 Å². The lowest BCUT2D eigenvalue weighted by atomic mass is 9.95. The molecular formula is C33H41N3O5S. The number of amides is 2. The summed E-state index contributed by atoms with van der Waals surface area (Å²) in [5.41, 5.74) is 2.07. The zero-order valence-corrected chi connectivity index (χ0v) is 25.5. The topological polar surface area (TPSA) is 96.0 Å². The number of carbonyl (C=O) groups excluding carboxylic acids is 2. The van der Waals surface area contributed by atoms with Gasteiger partial charge in [-0.2, -0.15) is 0 Å². The molecule has 1 fully saturated rings. The Morgan fingerprint density at radius 1 is 0.952 bits per heavy atom. The smallest absolute Gasteiger partial charge is 0.264 e. The fourth-order valence-corrected chi connectivity index (χ4v) is 6.81. The standard InChI is InChI=1S/C33H41N3O5S/c1-4-31(33(38)34-27-13-7-5-8-14-27)35(23-26-12-11-17-29(22-26)41-3)32(37)24-36(28-15-9-6-10-16-28)42(39,40)30-20-18-25(2)19-21-30/h6,9-12,15-22,27,31H,4-5,7-8,13-14,23-24H2,1-3H3,(H,34,38)/t31-/m0/s1. The summed E-state index contributed by atoms with van der Waals surface area (Å²) >= 11 is 0. The number of sulfonamides is 1. The molecule has 0 heterocycles. The first-order chi connectivity index (χ1) is 20.2. The Kier molecular flexibility index (Phi) is 10.6. The zero-order chi connectivity index (χ0) is 30.1. The molecule has 42 heavy (non-hydrogen) atoms. The molecule has 1 aliphatic rings. The summed E-state index contributed by atoms with van der Waals surface area (Å²) in [6.07, 6.45) is 5.51. The quantitative estimate of drug-likeness (QED) is 0.302. The van der Waals surface area contributed by atoms with Gasteiger partial charge < -0.3 is 15.0 Å². The fraction of sp³-hybridized carbons (Fsp3) is 0.394. The van der Waals surface area contributed by atoms with E-state index in [1.54, 1.807) is 61.7 Å². The predicted molar refractivity (Wildman–Crippen MR) is 165 cm³/mol. The van der Waals surface area contributed by atoms with E-state index in [1.165, 1.54) is 4.90 Å². The van der Waals surface area contributed by atoms with Crippen LogP contribution < -0.4 is 14.4 Å². The maximum Gasteiger partial charge on any atom is 0.264 e. The number of rotatable bonds is 12. The van der Waals surface area contributed by atoms with Gasteiger partial charge in [-0.25, -0.2) is 8.42 Å². The molecule has 0 unspecified atom stereocenters. The van der Waals surface area contributed by atoms with E-state index in [1.807, 2.05) is 38.1 Å². The summed E-state index contributed by atoms with van der Waals surface area (Å²) in [4.78, 5) is 29.5. The first-order valence-corrected chi connectivity index (χ1v) is 16.0. The Morgan fingerprint density at radius 2 is 1.64 bits per heavy atom. The van der Waals surface area contributed by atoms with Gasteiger partial charge in [-0.15, -0.1) is 0 Å². The highest BCUT2D eigenvalue weighted by Crippen LogP contribution is 2.26. The molecule has 0 saturated heterocycles. The van der Waals surface area contributed by atoms with Crippen LogP contribution in [0, 0.1) is 6.92 Å². The minimum Gasteiger partial charge on any atom is -0.497 e. The van der Waals surface area contributed by atoms with Crippen LogP contribution in [0.1, 0.15) is 56.6 Å². The van der Waals surface area contributed by atoms with Crippen LogP contribution in [0.3, 0.4) is 0 Å². The molecule has 0 aliphatic heterocycles. The van der Waals surface area contributed by atoms with Crippen molar-refractivity contribution in [2.24, 2.45) is 0 Å². The van der Waals surface area contributed by atoms with Crippen molar-refractivity contribution in [2.75, 3.05) is 18.0 Å². The monoisotopic (exact) mass is 591 g/mol. The van der Waals surface area contributed by atoms with E-state index in [0.717, 1.165) is 47.5 Å². The van der Waals surface area contributed by atoms with Crippen LogP contribution in [0.4, 0.5) is 5.69 Å². The first-order valence-electron chi connectivity index (χ1n) is 14.6. The van der Waals surface area contributed by atoms with Gasteiger partial charge in [0.15, 0.2) is 0 Å². The number of methoxy groups -OCH3 is 1. The number of benzene rings is 3. The Morgan fingerprint density at radius 3 is 2.29 bits per heavy atom. The van der Waals surface area contributed by atoms with Crippen LogP contribution in [-0.4, -0.2) is 50.9 Å². The van der Waals surface area contributed by atoms with Gasteiger partial charge in [-0.3, -0.25) is 13.9 Å². The highest BCUT2D eigenvalue weighted by atomic mass is 32.2. The summed E-state index contributed by atoms with van der Waals surface area (Å²) in [5.74, 6) is -0.0521. The Balaban J connectivity index is 1.69. The van der Waals surface area contributed by atoms with E-state index in [9.17, 15) is 18.0 Å². The third-order valence-corrected chi connectivity index (χ3v) is 9.54. The summed E-state index contributed by atoms with van der Waals surface area (Å²) in [6, 6.07) is 21.8. The summed E-state index contributed by atoms with van der Waals surface area (Å²) in [5, 5.41) is 3.17. The molecule has 0 aromatic heterocycles. The number of nitrogens with zero attached hydrogens (tertiary/aromatic N) is 2. The third kappa shape index (κ3) is 7.70. The molecule has 4 rings (SSSR count). The highest BCUT2D eigenvalue weighted by Gasteiger charge is 2.34. The number of anilines is 1. The van der Waals surface area contributed by atoms with Gasteiger partial charge >= 0.3 is 0 Å². The van der Waals surface area contributed by atoms with Crippen molar-refractivity contribution >= 4 is 27.5 Å². The van der Waals surface area contributed by atoms with Gasteiger partial charge in [-0.1, -0.05) is 74.2 Å². The molecule has 0 bridgehead atoms. The second-order valence-electron chi connectivity index (χ2n) is 10.8. The number of hydrogen-bond acceptors (Lipinski definition) is 5. The van der Waals surface area contributed by atoms with Crippen LogP contribution in [0.2, 0.25) is 0 Å². The van der Waals surface area contributed by atoms with Gasteiger partial charge in [0.1, 0.15) is 18.3 Å². The maximum absolute atomic E-state index is 14.2. The molecule has 1 aliphatic carbocycles. The first kappa shape index (κ1) is 31.1. The number of ether oxygens (including phenoxy) is 1. The third-order valence-electron chi connectivity index (χ3n) is 7.76. The van der Waals surface area contributed by atoms with E-state index >= 15 is 0 Å². The Labute approximate surface area is 249 Å². The van der Waals surface area contributed by atoms with E-state index in [4.69, 9.17) is 4.74 Å². The van der Waals surface area contributed by atoms with Gasteiger partial charge in [0, 0.05) is 12.6 Å². The molecular weight excluding hydrogens is 550 g/mol. The number of carbonyl (C=O) groups is 2. The van der Waals surface area contributed by atoms with E-state index in [-0.39, 0.29) is 23.4 Å². The largest absolute Gasteiger partial charge is 0.497 e. The van der Waals surface area contributed by atoms with Crippen LogP contribution >= 0.6 is 0 Å². The summed E-state index contributed by atoms with van der Waals surface area (Å²) < 4.78 is 34.4. The lowest BCUT2D eigenvalue weighted by Crippen LogP contribution is -2.54. The average Bonchev–Trinajstić information content (AvgIpc) is 3.00. The minimum absolute atomic E-state index is 0.0804. The number of nitrogens with one attached hydrogen (secondary N) is 1. The summed E-state index contributed by atoms with van der Waals surface area (Å²) in [7, 11) is -2.52. The Hall–Kier alpha value is -3.85. The average molecular weight is 592 g/mol. The minimum atomic E-state index is -4.09. The van der Waals surface area contributed by atoms with Crippen molar-refractivity contribution < 1.29 is 22.7 Å². The number of para-hydroxylation sites is 1. The normalized spacial score (nSPS) is 14.5. The molecule has 8 nitrogen and oxygen atoms in total. The molecule has 2 amide bonds. The molecule has 1 atom stereocenters. The Bertz CT molecular complexity index is 1440. The molecule has 1 N–H and O–H groups in total. The van der Waals surface area contributed by atoms with Crippen molar-refractivity contribution in [1.82, 2.24) is 10.2 Å². The van der Waals surface area contributed by atoms with Gasteiger partial charge in [0.05, 0.1) is 17.7 Å². The van der Waals surface area contributed by atoms with Crippen molar-refractivity contribution in [3.8, 4) is 5.75 Å². The van der Waals surface area contributed by atoms with Crippen molar-refractivity contribution in [1.29, 1.82) is 0 Å². The van der Waals surface area contributed by atoms with E-state index < -0.39 is 28.5 Å². The van der Waals surface area contributed by atoms with Crippen LogP contribution in [0.15, 0.2) is 83.8 Å². The lowest BCUT2D eigenvalue weighted by molar-refractivity contribution is -0.140. The lowest BCUT2D eigenvalue weighted by Gasteiger charge is -2.34. The van der Waals surface area contributed by atoms with Crippen molar-refractivity contribution in [3.63, 3.8) is 0 Å².